The highest BCUT2D eigenvalue weighted by molar-refractivity contribution is 6.03. The number of rotatable bonds is 3. The maximum absolute atomic E-state index is 13.1. The predicted molar refractivity (Wildman–Crippen MR) is 92.3 cm³/mol. The van der Waals surface area contributed by atoms with E-state index < -0.39 is 11.0 Å². The minimum atomic E-state index is -0.698. The molecule has 0 bridgehead atoms. The Labute approximate surface area is 148 Å². The van der Waals surface area contributed by atoms with Crippen LogP contribution in [0.2, 0.25) is 0 Å². The van der Waals surface area contributed by atoms with Crippen molar-refractivity contribution in [2.75, 3.05) is 18.0 Å². The van der Waals surface area contributed by atoms with Crippen molar-refractivity contribution in [3.05, 3.63) is 70.0 Å². The largest absolute Gasteiger partial charge is 0.325 e. The molecule has 3 rings (SSSR count). The summed E-state index contributed by atoms with van der Waals surface area (Å²) in [5, 5.41) is 10.7. The van der Waals surface area contributed by atoms with Gasteiger partial charge in [-0.3, -0.25) is 19.7 Å². The molecular weight excluding hydrogens is 341 g/mol. The molecule has 8 heteroatoms. The van der Waals surface area contributed by atoms with Gasteiger partial charge in [0.2, 0.25) is 5.91 Å². The minimum Gasteiger partial charge on any atom is -0.325 e. The molecule has 1 aliphatic heterocycles. The molecule has 0 aliphatic carbocycles. The van der Waals surface area contributed by atoms with Gasteiger partial charge in [-0.05, 0) is 43.3 Å². The van der Waals surface area contributed by atoms with Crippen molar-refractivity contribution in [3.63, 3.8) is 0 Å². The van der Waals surface area contributed by atoms with Crippen molar-refractivity contribution in [2.45, 2.75) is 13.0 Å². The number of nitrogens with zero attached hydrogens (tertiary/aromatic N) is 3. The van der Waals surface area contributed by atoms with Gasteiger partial charge < -0.3 is 9.80 Å². The van der Waals surface area contributed by atoms with E-state index in [4.69, 9.17) is 0 Å². The summed E-state index contributed by atoms with van der Waals surface area (Å²) in [6, 6.07) is 10.2. The number of halogens is 1. The number of hydrogen-bond donors (Lipinski definition) is 0. The van der Waals surface area contributed by atoms with Crippen LogP contribution in [-0.4, -0.2) is 40.8 Å². The van der Waals surface area contributed by atoms with E-state index in [1.807, 2.05) is 0 Å². The lowest BCUT2D eigenvalue weighted by atomic mass is 10.1. The molecular formula is C18H16FN3O4. The first kappa shape index (κ1) is 17.5. The fourth-order valence-corrected chi connectivity index (χ4v) is 2.92. The Kier molecular flexibility index (Phi) is 4.66. The van der Waals surface area contributed by atoms with Crippen LogP contribution < -0.4 is 4.90 Å². The second-order valence-corrected chi connectivity index (χ2v) is 5.94. The number of carbonyl (C=O) groups excluding carboxylic acids is 2. The SMILES string of the molecule is C[C@@H]1C(=O)N(c2ccc(F)cc2)CCN1C(=O)c1ccc([N+](=O)[O-])cc1. The molecule has 134 valence electrons. The molecule has 2 aromatic rings. The Morgan fingerprint density at radius 2 is 1.73 bits per heavy atom. The predicted octanol–water partition coefficient (Wildman–Crippen LogP) is 2.61. The Balaban J connectivity index is 1.76. The molecule has 0 spiro atoms. The Hall–Kier alpha value is -3.29. The molecule has 1 atom stereocenters. The summed E-state index contributed by atoms with van der Waals surface area (Å²) < 4.78 is 13.1. The van der Waals surface area contributed by atoms with Gasteiger partial charge in [0.05, 0.1) is 4.92 Å². The van der Waals surface area contributed by atoms with E-state index >= 15 is 0 Å². The third-order valence-corrected chi connectivity index (χ3v) is 4.38. The third-order valence-electron chi connectivity index (χ3n) is 4.38. The molecule has 2 amide bonds. The van der Waals surface area contributed by atoms with Crippen LogP contribution in [0.4, 0.5) is 15.8 Å². The Morgan fingerprint density at radius 1 is 1.12 bits per heavy atom. The fourth-order valence-electron chi connectivity index (χ4n) is 2.92. The fraction of sp³-hybridized carbons (Fsp3) is 0.222. The average molecular weight is 357 g/mol. The highest BCUT2D eigenvalue weighted by Gasteiger charge is 2.35. The summed E-state index contributed by atoms with van der Waals surface area (Å²) >= 11 is 0. The van der Waals surface area contributed by atoms with E-state index in [0.29, 0.717) is 12.2 Å². The van der Waals surface area contributed by atoms with Crippen LogP contribution in [0.5, 0.6) is 0 Å². The number of piperazine rings is 1. The van der Waals surface area contributed by atoms with Crippen LogP contribution in [-0.2, 0) is 4.79 Å². The van der Waals surface area contributed by atoms with Gasteiger partial charge in [0.15, 0.2) is 0 Å². The lowest BCUT2D eigenvalue weighted by Gasteiger charge is -2.39. The van der Waals surface area contributed by atoms with Gasteiger partial charge >= 0.3 is 0 Å². The minimum absolute atomic E-state index is 0.105. The van der Waals surface area contributed by atoms with Gasteiger partial charge in [0, 0.05) is 36.5 Å². The lowest BCUT2D eigenvalue weighted by molar-refractivity contribution is -0.384. The van der Waals surface area contributed by atoms with Crippen LogP contribution in [0.3, 0.4) is 0 Å². The van der Waals surface area contributed by atoms with Gasteiger partial charge in [-0.15, -0.1) is 0 Å². The quantitative estimate of drug-likeness (QED) is 0.624. The van der Waals surface area contributed by atoms with Crippen molar-refractivity contribution in [1.29, 1.82) is 0 Å². The number of nitro benzene ring substituents is 1. The van der Waals surface area contributed by atoms with E-state index in [1.165, 1.54) is 58.3 Å². The van der Waals surface area contributed by atoms with Crippen molar-refractivity contribution < 1.29 is 18.9 Å². The molecule has 1 fully saturated rings. The second-order valence-electron chi connectivity index (χ2n) is 5.94. The Bertz CT molecular complexity index is 852. The van der Waals surface area contributed by atoms with Crippen LogP contribution >= 0.6 is 0 Å². The summed E-state index contributed by atoms with van der Waals surface area (Å²) in [5.74, 6) is -1.01. The number of carbonyl (C=O) groups is 2. The molecule has 1 heterocycles. The highest BCUT2D eigenvalue weighted by Crippen LogP contribution is 2.22. The third kappa shape index (κ3) is 3.26. The highest BCUT2D eigenvalue weighted by atomic mass is 19.1. The number of amides is 2. The Morgan fingerprint density at radius 3 is 2.31 bits per heavy atom. The summed E-state index contributed by atoms with van der Waals surface area (Å²) in [4.78, 5) is 38.4. The standard InChI is InChI=1S/C18H16FN3O4/c1-12-17(23)21(15-8-4-14(19)5-9-15)11-10-20(12)18(24)13-2-6-16(7-3-13)22(25)26/h2-9,12H,10-11H2,1H3/t12-/m1/s1. The van der Waals surface area contributed by atoms with Crippen LogP contribution in [0.25, 0.3) is 0 Å². The molecule has 1 aliphatic rings. The summed E-state index contributed by atoms with van der Waals surface area (Å²) in [7, 11) is 0. The molecule has 0 N–H and O–H groups in total. The number of anilines is 1. The lowest BCUT2D eigenvalue weighted by Crippen LogP contribution is -2.57. The maximum atomic E-state index is 13.1. The monoisotopic (exact) mass is 357 g/mol. The summed E-state index contributed by atoms with van der Waals surface area (Å²) in [6.45, 7) is 2.22. The topological polar surface area (TPSA) is 83.8 Å². The smallest absolute Gasteiger partial charge is 0.269 e. The van der Waals surface area contributed by atoms with Crippen molar-refractivity contribution >= 4 is 23.2 Å². The van der Waals surface area contributed by atoms with E-state index in [2.05, 4.69) is 0 Å². The maximum Gasteiger partial charge on any atom is 0.269 e. The molecule has 26 heavy (non-hydrogen) atoms. The molecule has 0 aromatic heterocycles. The van der Waals surface area contributed by atoms with Gasteiger partial charge in [-0.25, -0.2) is 4.39 Å². The zero-order valence-corrected chi connectivity index (χ0v) is 14.0. The number of non-ortho nitro benzene ring substituents is 1. The van der Waals surface area contributed by atoms with Crippen LogP contribution in [0.1, 0.15) is 17.3 Å². The summed E-state index contributed by atoms with van der Waals surface area (Å²) in [5.41, 5.74) is 0.753. The van der Waals surface area contributed by atoms with E-state index in [-0.39, 0.29) is 35.4 Å². The molecule has 0 unspecified atom stereocenters. The summed E-state index contributed by atoms with van der Waals surface area (Å²) in [6.07, 6.45) is 0. The van der Waals surface area contributed by atoms with Crippen molar-refractivity contribution in [3.8, 4) is 0 Å². The van der Waals surface area contributed by atoms with Crippen molar-refractivity contribution in [1.82, 2.24) is 4.90 Å². The molecule has 7 nitrogen and oxygen atoms in total. The first-order valence-electron chi connectivity index (χ1n) is 8.01. The normalized spacial score (nSPS) is 17.3. The van der Waals surface area contributed by atoms with E-state index in [9.17, 15) is 24.1 Å². The van der Waals surface area contributed by atoms with Gasteiger partial charge in [-0.2, -0.15) is 0 Å². The molecule has 2 aromatic carbocycles. The average Bonchev–Trinajstić information content (AvgIpc) is 2.64. The van der Waals surface area contributed by atoms with Gasteiger partial charge in [0.1, 0.15) is 11.9 Å². The number of nitro groups is 1. The zero-order chi connectivity index (χ0) is 18.8. The van der Waals surface area contributed by atoms with E-state index in [1.54, 1.807) is 6.92 Å². The number of hydrogen-bond acceptors (Lipinski definition) is 4. The zero-order valence-electron chi connectivity index (χ0n) is 14.0. The van der Waals surface area contributed by atoms with Gasteiger partial charge in [-0.1, -0.05) is 0 Å². The van der Waals surface area contributed by atoms with Crippen molar-refractivity contribution in [2.24, 2.45) is 0 Å². The van der Waals surface area contributed by atoms with Crippen LogP contribution in [0.15, 0.2) is 48.5 Å². The van der Waals surface area contributed by atoms with Gasteiger partial charge in [0.25, 0.3) is 11.6 Å². The molecule has 1 saturated heterocycles. The second kappa shape index (κ2) is 6.91. The first-order valence-corrected chi connectivity index (χ1v) is 8.01. The van der Waals surface area contributed by atoms with E-state index in [0.717, 1.165) is 0 Å². The first-order chi connectivity index (χ1) is 12.4. The number of benzene rings is 2. The van der Waals surface area contributed by atoms with Crippen LogP contribution in [0, 0.1) is 15.9 Å². The molecule has 0 saturated carbocycles. The molecule has 0 radical (unpaired) electrons.